The Kier molecular flexibility index (Phi) is 4.21. The summed E-state index contributed by atoms with van der Waals surface area (Å²) in [6.07, 6.45) is 2.96. The summed E-state index contributed by atoms with van der Waals surface area (Å²) in [5.74, 6) is 1.77. The summed E-state index contributed by atoms with van der Waals surface area (Å²) in [6, 6.07) is 2.55. The lowest BCUT2D eigenvalue weighted by atomic mass is 10.0. The van der Waals surface area contributed by atoms with Crippen molar-refractivity contribution < 1.29 is 4.42 Å². The molecule has 0 fully saturated rings. The third-order valence-electron chi connectivity index (χ3n) is 3.05. The van der Waals surface area contributed by atoms with Crippen molar-refractivity contribution in [1.82, 2.24) is 5.32 Å². The quantitative estimate of drug-likeness (QED) is 0.781. The summed E-state index contributed by atoms with van der Waals surface area (Å²) in [5, 5.41) is 3.48. The highest BCUT2D eigenvalue weighted by molar-refractivity contribution is 5.14. The molecule has 0 saturated carbocycles. The molecule has 1 rings (SSSR count). The van der Waals surface area contributed by atoms with Gasteiger partial charge < -0.3 is 9.73 Å². The van der Waals surface area contributed by atoms with Crippen molar-refractivity contribution in [3.8, 4) is 0 Å². The van der Waals surface area contributed by atoms with Gasteiger partial charge in [-0.3, -0.25) is 0 Å². The number of hydrogen-bond acceptors (Lipinski definition) is 2. The van der Waals surface area contributed by atoms with Crippen LogP contribution in [0.25, 0.3) is 0 Å². The average Bonchev–Trinajstić information content (AvgIpc) is 2.59. The highest BCUT2D eigenvalue weighted by Gasteiger charge is 2.10. The predicted molar refractivity (Wildman–Crippen MR) is 59.2 cm³/mol. The molecule has 2 heteroatoms. The third-order valence-corrected chi connectivity index (χ3v) is 3.05. The van der Waals surface area contributed by atoms with Crippen LogP contribution in [0.1, 0.15) is 38.5 Å². The van der Waals surface area contributed by atoms with E-state index in [0.717, 1.165) is 12.3 Å². The Bertz CT molecular complexity index is 267. The minimum absolute atomic E-state index is 0.546. The van der Waals surface area contributed by atoms with Crippen LogP contribution in [0.3, 0.4) is 0 Å². The Morgan fingerprint density at radius 2 is 2.14 bits per heavy atom. The maximum Gasteiger partial charge on any atom is 0.120 e. The Labute approximate surface area is 86.7 Å². The number of nitrogens with one attached hydrogen (secondary N) is 1. The molecule has 1 aromatic rings. The summed E-state index contributed by atoms with van der Waals surface area (Å²) < 4.78 is 5.37. The number of aryl methyl sites for hydroxylation is 1. The Hall–Kier alpha value is -0.760. The maximum atomic E-state index is 5.37. The van der Waals surface area contributed by atoms with Crippen LogP contribution in [-0.4, -0.2) is 6.04 Å². The molecular formula is C12H21NO. The fourth-order valence-electron chi connectivity index (χ4n) is 1.39. The molecule has 2 atom stereocenters. The van der Waals surface area contributed by atoms with Crippen molar-refractivity contribution in [3.63, 3.8) is 0 Å². The lowest BCUT2D eigenvalue weighted by molar-refractivity contribution is 0.369. The molecule has 0 aliphatic carbocycles. The van der Waals surface area contributed by atoms with E-state index in [1.807, 2.05) is 6.07 Å². The van der Waals surface area contributed by atoms with Crippen LogP contribution < -0.4 is 5.32 Å². The summed E-state index contributed by atoms with van der Waals surface area (Å²) in [4.78, 5) is 0. The molecule has 0 bridgehead atoms. The molecule has 1 heterocycles. The number of furan rings is 1. The van der Waals surface area contributed by atoms with E-state index in [2.05, 4.69) is 33.0 Å². The first-order valence-electron chi connectivity index (χ1n) is 5.41. The van der Waals surface area contributed by atoms with Crippen LogP contribution in [0, 0.1) is 12.8 Å². The fraction of sp³-hybridized carbons (Fsp3) is 0.667. The van der Waals surface area contributed by atoms with Crippen molar-refractivity contribution in [3.05, 3.63) is 23.7 Å². The average molecular weight is 195 g/mol. The minimum Gasteiger partial charge on any atom is -0.468 e. The van der Waals surface area contributed by atoms with Crippen LogP contribution in [0.5, 0.6) is 0 Å². The minimum atomic E-state index is 0.546. The van der Waals surface area contributed by atoms with Gasteiger partial charge in [-0.05, 0) is 31.4 Å². The number of hydrogen-bond donors (Lipinski definition) is 1. The van der Waals surface area contributed by atoms with Crippen molar-refractivity contribution in [2.75, 3.05) is 0 Å². The van der Waals surface area contributed by atoms with E-state index in [0.29, 0.717) is 12.0 Å². The van der Waals surface area contributed by atoms with E-state index in [-0.39, 0.29) is 0 Å². The SMILES string of the molecule is CCC(C)C(C)NCc1occc1C. The third kappa shape index (κ3) is 2.88. The molecule has 0 amide bonds. The van der Waals surface area contributed by atoms with Gasteiger partial charge in [-0.15, -0.1) is 0 Å². The van der Waals surface area contributed by atoms with Gasteiger partial charge in [0.05, 0.1) is 12.8 Å². The lowest BCUT2D eigenvalue weighted by Crippen LogP contribution is -2.31. The Balaban J connectivity index is 2.37. The highest BCUT2D eigenvalue weighted by atomic mass is 16.3. The van der Waals surface area contributed by atoms with Gasteiger partial charge in [0.2, 0.25) is 0 Å². The first-order valence-corrected chi connectivity index (χ1v) is 5.41. The van der Waals surface area contributed by atoms with E-state index in [1.165, 1.54) is 12.0 Å². The van der Waals surface area contributed by atoms with Gasteiger partial charge in [0.15, 0.2) is 0 Å². The number of rotatable bonds is 5. The van der Waals surface area contributed by atoms with Crippen molar-refractivity contribution in [1.29, 1.82) is 0 Å². The molecule has 0 aliphatic rings. The van der Waals surface area contributed by atoms with Gasteiger partial charge in [-0.2, -0.15) is 0 Å². The molecule has 0 saturated heterocycles. The molecular weight excluding hydrogens is 174 g/mol. The van der Waals surface area contributed by atoms with Gasteiger partial charge in [-0.1, -0.05) is 20.3 Å². The molecule has 0 aliphatic heterocycles. The van der Waals surface area contributed by atoms with Crippen LogP contribution in [-0.2, 0) is 6.54 Å². The standard InChI is InChI=1S/C12H21NO/c1-5-9(2)11(4)13-8-12-10(3)6-7-14-12/h6-7,9,11,13H,5,8H2,1-4H3. The molecule has 2 unspecified atom stereocenters. The van der Waals surface area contributed by atoms with Crippen LogP contribution in [0.2, 0.25) is 0 Å². The monoisotopic (exact) mass is 195 g/mol. The van der Waals surface area contributed by atoms with E-state index < -0.39 is 0 Å². The maximum absolute atomic E-state index is 5.37. The van der Waals surface area contributed by atoms with Gasteiger partial charge in [0.25, 0.3) is 0 Å². The predicted octanol–water partition coefficient (Wildman–Crippen LogP) is 3.11. The highest BCUT2D eigenvalue weighted by Crippen LogP contribution is 2.11. The second-order valence-corrected chi connectivity index (χ2v) is 4.08. The molecule has 1 aromatic heterocycles. The van der Waals surface area contributed by atoms with Gasteiger partial charge >= 0.3 is 0 Å². The molecule has 0 aromatic carbocycles. The Morgan fingerprint density at radius 1 is 1.43 bits per heavy atom. The van der Waals surface area contributed by atoms with E-state index in [4.69, 9.17) is 4.42 Å². The zero-order valence-electron chi connectivity index (χ0n) is 9.63. The molecule has 0 radical (unpaired) electrons. The van der Waals surface area contributed by atoms with Crippen molar-refractivity contribution in [2.45, 2.75) is 46.7 Å². The summed E-state index contributed by atoms with van der Waals surface area (Å²) in [5.41, 5.74) is 1.23. The largest absolute Gasteiger partial charge is 0.468 e. The van der Waals surface area contributed by atoms with Crippen LogP contribution in [0.15, 0.2) is 16.7 Å². The second kappa shape index (κ2) is 5.20. The summed E-state index contributed by atoms with van der Waals surface area (Å²) >= 11 is 0. The zero-order chi connectivity index (χ0) is 10.6. The second-order valence-electron chi connectivity index (χ2n) is 4.08. The van der Waals surface area contributed by atoms with E-state index >= 15 is 0 Å². The fourth-order valence-corrected chi connectivity index (χ4v) is 1.39. The van der Waals surface area contributed by atoms with E-state index in [9.17, 15) is 0 Å². The lowest BCUT2D eigenvalue weighted by Gasteiger charge is -2.19. The topological polar surface area (TPSA) is 25.2 Å². The molecule has 14 heavy (non-hydrogen) atoms. The molecule has 80 valence electrons. The normalized spacial score (nSPS) is 15.4. The smallest absolute Gasteiger partial charge is 0.120 e. The van der Waals surface area contributed by atoms with E-state index in [1.54, 1.807) is 6.26 Å². The summed E-state index contributed by atoms with van der Waals surface area (Å²) in [6.45, 7) is 9.64. The van der Waals surface area contributed by atoms with Crippen molar-refractivity contribution >= 4 is 0 Å². The van der Waals surface area contributed by atoms with Crippen LogP contribution in [0.4, 0.5) is 0 Å². The summed E-state index contributed by atoms with van der Waals surface area (Å²) in [7, 11) is 0. The van der Waals surface area contributed by atoms with Gasteiger partial charge in [-0.25, -0.2) is 0 Å². The van der Waals surface area contributed by atoms with Gasteiger partial charge in [0.1, 0.15) is 5.76 Å². The van der Waals surface area contributed by atoms with Crippen LogP contribution >= 0.6 is 0 Å². The molecule has 2 nitrogen and oxygen atoms in total. The molecule has 1 N–H and O–H groups in total. The first-order chi connectivity index (χ1) is 6.65. The zero-order valence-corrected chi connectivity index (χ0v) is 9.63. The Morgan fingerprint density at radius 3 is 2.64 bits per heavy atom. The molecule has 0 spiro atoms. The van der Waals surface area contributed by atoms with Gasteiger partial charge in [0, 0.05) is 6.04 Å². The van der Waals surface area contributed by atoms with Crippen molar-refractivity contribution in [2.24, 2.45) is 5.92 Å². The first kappa shape index (κ1) is 11.3.